The summed E-state index contributed by atoms with van der Waals surface area (Å²) in [5.41, 5.74) is 1.34. The second-order valence-corrected chi connectivity index (χ2v) is 9.98. The molecule has 1 amide bonds. The van der Waals surface area contributed by atoms with Gasteiger partial charge in [-0.2, -0.15) is 18.3 Å². The molecule has 6 nitrogen and oxygen atoms in total. The van der Waals surface area contributed by atoms with Crippen molar-refractivity contribution in [3.63, 3.8) is 0 Å². The molecule has 0 radical (unpaired) electrons. The highest BCUT2D eigenvalue weighted by atomic mass is 19.4. The molecular formula is C27H30F3N5O. The highest BCUT2D eigenvalue weighted by Gasteiger charge is 2.47. The third-order valence-electron chi connectivity index (χ3n) is 7.83. The minimum atomic E-state index is -4.42. The summed E-state index contributed by atoms with van der Waals surface area (Å²) in [6.45, 7) is 7.54. The number of anilines is 2. The molecule has 190 valence electrons. The molecule has 2 saturated heterocycles. The second kappa shape index (κ2) is 9.03. The van der Waals surface area contributed by atoms with Crippen LogP contribution in [0.2, 0.25) is 0 Å². The Labute approximate surface area is 208 Å². The summed E-state index contributed by atoms with van der Waals surface area (Å²) >= 11 is 0. The summed E-state index contributed by atoms with van der Waals surface area (Å²) in [5, 5.41) is 16.9. The van der Waals surface area contributed by atoms with Crippen LogP contribution in [0.3, 0.4) is 0 Å². The highest BCUT2D eigenvalue weighted by Crippen LogP contribution is 2.43. The van der Waals surface area contributed by atoms with E-state index in [2.05, 4.69) is 20.8 Å². The lowest BCUT2D eigenvalue weighted by molar-refractivity contribution is -0.138. The molecule has 0 unspecified atom stereocenters. The van der Waals surface area contributed by atoms with Crippen LogP contribution >= 0.6 is 0 Å². The van der Waals surface area contributed by atoms with Crippen LogP contribution in [0.25, 0.3) is 10.8 Å². The molecule has 2 aliphatic heterocycles. The predicted octanol–water partition coefficient (Wildman–Crippen LogP) is 5.55. The van der Waals surface area contributed by atoms with E-state index in [9.17, 15) is 18.0 Å². The van der Waals surface area contributed by atoms with Crippen LogP contribution in [0.4, 0.5) is 24.7 Å². The minimum absolute atomic E-state index is 0.171. The number of aromatic nitrogens is 2. The number of carbonyl (C=O) groups excluding carboxylic acids is 1. The summed E-state index contributed by atoms with van der Waals surface area (Å²) in [6.07, 6.45) is -1.88. The number of hydrogen-bond acceptors (Lipinski definition) is 5. The largest absolute Gasteiger partial charge is 0.416 e. The van der Waals surface area contributed by atoms with Gasteiger partial charge < -0.3 is 15.5 Å². The molecule has 5 rings (SSSR count). The van der Waals surface area contributed by atoms with Crippen molar-refractivity contribution in [3.8, 4) is 0 Å². The zero-order chi connectivity index (χ0) is 25.7. The van der Waals surface area contributed by atoms with Gasteiger partial charge in [-0.1, -0.05) is 18.2 Å². The number of nitrogens with one attached hydrogen (secondary N) is 2. The number of alkyl halides is 3. The Morgan fingerprint density at radius 1 is 1.06 bits per heavy atom. The van der Waals surface area contributed by atoms with Crippen molar-refractivity contribution < 1.29 is 18.0 Å². The normalized spacial score (nSPS) is 18.7. The van der Waals surface area contributed by atoms with Gasteiger partial charge in [0.1, 0.15) is 0 Å². The van der Waals surface area contributed by atoms with Crippen LogP contribution < -0.4 is 15.5 Å². The van der Waals surface area contributed by atoms with Crippen LogP contribution in [-0.2, 0) is 11.0 Å². The Bertz CT molecular complexity index is 1320. The summed E-state index contributed by atoms with van der Waals surface area (Å²) in [7, 11) is 0. The quantitative estimate of drug-likeness (QED) is 0.495. The number of piperidine rings is 1. The first kappa shape index (κ1) is 24.5. The van der Waals surface area contributed by atoms with Crippen molar-refractivity contribution in [2.75, 3.05) is 29.9 Å². The molecule has 1 atom stereocenters. The third kappa shape index (κ3) is 4.19. The van der Waals surface area contributed by atoms with E-state index in [1.165, 1.54) is 13.0 Å². The first-order valence-corrected chi connectivity index (χ1v) is 12.3. The van der Waals surface area contributed by atoms with Crippen molar-refractivity contribution in [3.05, 3.63) is 58.8 Å². The fourth-order valence-corrected chi connectivity index (χ4v) is 5.70. The van der Waals surface area contributed by atoms with Crippen molar-refractivity contribution in [2.45, 2.75) is 52.3 Å². The van der Waals surface area contributed by atoms with Crippen LogP contribution in [0, 0.1) is 19.3 Å². The van der Waals surface area contributed by atoms with E-state index in [1.54, 1.807) is 6.07 Å². The number of carbonyl (C=O) groups is 1. The lowest BCUT2D eigenvalue weighted by atomic mass is 9.77. The molecule has 2 N–H and O–H groups in total. The van der Waals surface area contributed by atoms with Crippen LogP contribution in [0.1, 0.15) is 54.6 Å². The molecule has 0 aliphatic carbocycles. The highest BCUT2D eigenvalue weighted by molar-refractivity contribution is 6.03. The van der Waals surface area contributed by atoms with Gasteiger partial charge in [0.25, 0.3) is 0 Å². The average molecular weight is 498 g/mol. The van der Waals surface area contributed by atoms with Crippen LogP contribution in [-0.4, -0.2) is 35.7 Å². The number of rotatable bonds is 4. The van der Waals surface area contributed by atoms with E-state index in [0.717, 1.165) is 60.6 Å². The number of halogens is 3. The average Bonchev–Trinajstić information content (AvgIpc) is 3.15. The van der Waals surface area contributed by atoms with Crippen LogP contribution in [0.5, 0.6) is 0 Å². The maximum Gasteiger partial charge on any atom is 0.416 e. The minimum Gasteiger partial charge on any atom is -0.362 e. The number of hydrogen-bond donors (Lipinski definition) is 2. The standard InChI is InChI=1S/C27H30F3N5O/c1-16-20(5-4-6-23(16)27(28,29)30)17(2)32-24-22-15-19(7-8-21(22)18(3)33-34-24)35-14-11-26(25(35)36)9-12-31-13-10-26/h4-8,15,17,31H,9-14H2,1-3H3,(H,32,34)/t17-/m1/s1. The molecule has 2 aromatic carbocycles. The zero-order valence-electron chi connectivity index (χ0n) is 20.7. The van der Waals surface area contributed by atoms with E-state index < -0.39 is 17.8 Å². The number of benzene rings is 2. The van der Waals surface area contributed by atoms with E-state index in [4.69, 9.17) is 0 Å². The van der Waals surface area contributed by atoms with Gasteiger partial charge in [0.15, 0.2) is 5.82 Å². The lowest BCUT2D eigenvalue weighted by Crippen LogP contribution is -2.42. The molecule has 2 aliphatic rings. The van der Waals surface area contributed by atoms with E-state index in [-0.39, 0.29) is 16.9 Å². The van der Waals surface area contributed by atoms with Crippen molar-refractivity contribution in [1.82, 2.24) is 15.5 Å². The van der Waals surface area contributed by atoms with Gasteiger partial charge in [-0.25, -0.2) is 0 Å². The number of aryl methyl sites for hydroxylation is 1. The lowest BCUT2D eigenvalue weighted by Gasteiger charge is -2.32. The van der Waals surface area contributed by atoms with E-state index >= 15 is 0 Å². The molecule has 9 heteroatoms. The van der Waals surface area contributed by atoms with Gasteiger partial charge >= 0.3 is 6.18 Å². The fourth-order valence-electron chi connectivity index (χ4n) is 5.70. The molecule has 3 aromatic rings. The summed E-state index contributed by atoms with van der Waals surface area (Å²) in [5.74, 6) is 0.648. The third-order valence-corrected chi connectivity index (χ3v) is 7.83. The fraction of sp³-hybridized carbons (Fsp3) is 0.444. The van der Waals surface area contributed by atoms with Crippen molar-refractivity contribution in [2.24, 2.45) is 5.41 Å². The number of fused-ring (bicyclic) bond motifs is 1. The van der Waals surface area contributed by atoms with Gasteiger partial charge in [0.2, 0.25) is 5.91 Å². The maximum absolute atomic E-state index is 13.4. The monoisotopic (exact) mass is 497 g/mol. The van der Waals surface area contributed by atoms with Gasteiger partial charge in [-0.3, -0.25) is 4.79 Å². The summed E-state index contributed by atoms with van der Waals surface area (Å²) in [6, 6.07) is 9.61. The molecule has 0 saturated carbocycles. The van der Waals surface area contributed by atoms with Gasteiger partial charge in [-0.05, 0) is 82.4 Å². The van der Waals surface area contributed by atoms with Crippen LogP contribution in [0.15, 0.2) is 36.4 Å². The molecule has 0 bridgehead atoms. The SMILES string of the molecule is Cc1c([C@@H](C)Nc2nnc(C)c3ccc(N4CCC5(CCNCC5)C4=O)cc23)cccc1C(F)(F)F. The molecule has 2 fully saturated rings. The second-order valence-electron chi connectivity index (χ2n) is 9.98. The van der Waals surface area contributed by atoms with Gasteiger partial charge in [-0.15, -0.1) is 5.10 Å². The summed E-state index contributed by atoms with van der Waals surface area (Å²) in [4.78, 5) is 15.3. The van der Waals surface area contributed by atoms with E-state index in [1.807, 2.05) is 36.9 Å². The topological polar surface area (TPSA) is 70.2 Å². The number of amides is 1. The zero-order valence-corrected chi connectivity index (χ0v) is 20.7. The number of nitrogens with zero attached hydrogens (tertiary/aromatic N) is 3. The van der Waals surface area contributed by atoms with Gasteiger partial charge in [0, 0.05) is 23.0 Å². The Balaban J connectivity index is 1.49. The molecule has 36 heavy (non-hydrogen) atoms. The Morgan fingerprint density at radius 3 is 2.53 bits per heavy atom. The molecular weight excluding hydrogens is 467 g/mol. The van der Waals surface area contributed by atoms with Crippen molar-refractivity contribution >= 4 is 28.2 Å². The Hall–Kier alpha value is -3.20. The molecule has 1 spiro atoms. The Morgan fingerprint density at radius 2 is 1.81 bits per heavy atom. The molecule has 1 aromatic heterocycles. The predicted molar refractivity (Wildman–Crippen MR) is 134 cm³/mol. The van der Waals surface area contributed by atoms with Crippen molar-refractivity contribution in [1.29, 1.82) is 0 Å². The van der Waals surface area contributed by atoms with Gasteiger partial charge in [0.05, 0.1) is 22.7 Å². The molecule has 3 heterocycles. The first-order chi connectivity index (χ1) is 17.1. The Kier molecular flexibility index (Phi) is 6.14. The first-order valence-electron chi connectivity index (χ1n) is 12.3. The summed E-state index contributed by atoms with van der Waals surface area (Å²) < 4.78 is 40.3. The smallest absolute Gasteiger partial charge is 0.362 e. The van der Waals surface area contributed by atoms with E-state index in [0.29, 0.717) is 17.9 Å². The maximum atomic E-state index is 13.4.